The predicted octanol–water partition coefficient (Wildman–Crippen LogP) is 1.50. The summed E-state index contributed by atoms with van der Waals surface area (Å²) in [4.78, 5) is 29.6. The molecule has 0 saturated carbocycles. The van der Waals surface area contributed by atoms with Crippen LogP contribution < -0.4 is 11.2 Å². The number of aromatic hydroxyl groups is 1. The van der Waals surface area contributed by atoms with Gasteiger partial charge in [-0.05, 0) is 23.8 Å². The van der Waals surface area contributed by atoms with E-state index >= 15 is 0 Å². The topological polar surface area (TPSA) is 88.0 Å². The lowest BCUT2D eigenvalue weighted by Gasteiger charge is -2.04. The molecule has 0 aliphatic carbocycles. The quantitative estimate of drug-likeness (QED) is 0.750. The van der Waals surface area contributed by atoms with Crippen LogP contribution in [0.2, 0.25) is 0 Å². The van der Waals surface area contributed by atoms with Crippen LogP contribution in [-0.2, 0) is 7.05 Å². The fourth-order valence-corrected chi connectivity index (χ4v) is 2.21. The molecule has 110 valence electrons. The second-order valence-electron chi connectivity index (χ2n) is 4.81. The summed E-state index contributed by atoms with van der Waals surface area (Å²) in [6.07, 6.45) is 4.86. The number of nitrogens with one attached hydrogen (secondary N) is 1. The summed E-state index contributed by atoms with van der Waals surface area (Å²) in [5.41, 5.74) is 0.439. The fourth-order valence-electron chi connectivity index (χ4n) is 2.21. The van der Waals surface area contributed by atoms with Crippen molar-refractivity contribution in [3.05, 3.63) is 68.5 Å². The van der Waals surface area contributed by atoms with Gasteiger partial charge in [0.25, 0.3) is 5.56 Å². The van der Waals surface area contributed by atoms with Gasteiger partial charge in [-0.1, -0.05) is 24.3 Å². The van der Waals surface area contributed by atoms with E-state index in [0.29, 0.717) is 0 Å². The van der Waals surface area contributed by atoms with Gasteiger partial charge >= 0.3 is 5.69 Å². The third kappa shape index (κ3) is 2.31. The fraction of sp³-hybridized carbons (Fsp3) is 0.0625. The van der Waals surface area contributed by atoms with Gasteiger partial charge in [0, 0.05) is 18.6 Å². The number of hydrogen-bond acceptors (Lipinski definition) is 4. The molecule has 2 N–H and O–H groups in total. The number of H-pyrrole nitrogens is 1. The molecular formula is C16H13N3O3. The Hall–Kier alpha value is -3.15. The van der Waals surface area contributed by atoms with Crippen LogP contribution in [0.4, 0.5) is 0 Å². The average molecular weight is 295 g/mol. The number of hydrogen-bond donors (Lipinski definition) is 2. The lowest BCUT2D eigenvalue weighted by Crippen LogP contribution is -2.29. The normalized spacial score (nSPS) is 11.3. The zero-order valence-corrected chi connectivity index (χ0v) is 11.8. The van der Waals surface area contributed by atoms with Gasteiger partial charge in [0.1, 0.15) is 5.56 Å². The highest BCUT2D eigenvalue weighted by Gasteiger charge is 2.08. The molecule has 0 amide bonds. The Balaban J connectivity index is 2.14. The van der Waals surface area contributed by atoms with E-state index in [-0.39, 0.29) is 11.4 Å². The maximum atomic E-state index is 11.8. The van der Waals surface area contributed by atoms with Crippen molar-refractivity contribution in [3.63, 3.8) is 0 Å². The van der Waals surface area contributed by atoms with E-state index in [1.165, 1.54) is 13.1 Å². The van der Waals surface area contributed by atoms with Gasteiger partial charge in [0.15, 0.2) is 0 Å². The van der Waals surface area contributed by atoms with Crippen LogP contribution in [0.1, 0.15) is 11.1 Å². The molecule has 0 bridgehead atoms. The minimum atomic E-state index is -0.658. The summed E-state index contributed by atoms with van der Waals surface area (Å²) < 4.78 is 0.978. The summed E-state index contributed by atoms with van der Waals surface area (Å²) >= 11 is 0. The predicted molar refractivity (Wildman–Crippen MR) is 84.6 cm³/mol. The number of aromatic amines is 1. The second-order valence-corrected chi connectivity index (χ2v) is 4.81. The van der Waals surface area contributed by atoms with E-state index in [0.717, 1.165) is 21.0 Å². The highest BCUT2D eigenvalue weighted by molar-refractivity contribution is 5.90. The highest BCUT2D eigenvalue weighted by Crippen LogP contribution is 2.19. The Labute approximate surface area is 125 Å². The largest absolute Gasteiger partial charge is 0.494 e. The molecule has 22 heavy (non-hydrogen) atoms. The number of para-hydroxylation sites is 1. The van der Waals surface area contributed by atoms with Gasteiger partial charge in [-0.15, -0.1) is 0 Å². The van der Waals surface area contributed by atoms with Crippen molar-refractivity contribution in [2.24, 2.45) is 7.05 Å². The molecule has 3 aromatic rings. The molecule has 0 spiro atoms. The Bertz CT molecular complexity index is 994. The van der Waals surface area contributed by atoms with Crippen LogP contribution in [0.25, 0.3) is 23.1 Å². The third-order valence-electron chi connectivity index (χ3n) is 3.44. The van der Waals surface area contributed by atoms with Crippen molar-refractivity contribution in [3.8, 4) is 5.88 Å². The van der Waals surface area contributed by atoms with E-state index in [9.17, 15) is 14.7 Å². The van der Waals surface area contributed by atoms with E-state index in [2.05, 4.69) is 9.97 Å². The number of fused-ring (bicyclic) bond motifs is 1. The maximum Gasteiger partial charge on any atom is 0.330 e. The Morgan fingerprint density at radius 3 is 2.77 bits per heavy atom. The monoisotopic (exact) mass is 295 g/mol. The average Bonchev–Trinajstić information content (AvgIpc) is 2.53. The van der Waals surface area contributed by atoms with Crippen molar-refractivity contribution < 1.29 is 5.11 Å². The minimum absolute atomic E-state index is 0.0305. The first-order chi connectivity index (χ1) is 10.6. The van der Waals surface area contributed by atoms with Crippen LogP contribution in [-0.4, -0.2) is 19.6 Å². The second kappa shape index (κ2) is 5.33. The van der Waals surface area contributed by atoms with E-state index < -0.39 is 11.2 Å². The molecular weight excluding hydrogens is 282 g/mol. The Morgan fingerprint density at radius 1 is 1.18 bits per heavy atom. The minimum Gasteiger partial charge on any atom is -0.494 e. The molecule has 0 unspecified atom stereocenters. The summed E-state index contributed by atoms with van der Waals surface area (Å²) in [7, 11) is 1.38. The maximum absolute atomic E-state index is 11.8. The number of aromatic nitrogens is 3. The molecule has 2 heterocycles. The molecule has 6 heteroatoms. The van der Waals surface area contributed by atoms with Crippen molar-refractivity contribution in [2.45, 2.75) is 0 Å². The molecule has 0 atom stereocenters. The van der Waals surface area contributed by atoms with Gasteiger partial charge in [-0.2, -0.15) is 0 Å². The van der Waals surface area contributed by atoms with E-state index in [4.69, 9.17) is 0 Å². The van der Waals surface area contributed by atoms with Crippen LogP contribution in [0.3, 0.4) is 0 Å². The smallest absolute Gasteiger partial charge is 0.330 e. The molecule has 6 nitrogen and oxygen atoms in total. The summed E-state index contributed by atoms with van der Waals surface area (Å²) in [5, 5.41) is 10.9. The van der Waals surface area contributed by atoms with Crippen LogP contribution >= 0.6 is 0 Å². The van der Waals surface area contributed by atoms with Crippen LogP contribution in [0.15, 0.2) is 46.1 Å². The molecule has 3 rings (SSSR count). The highest BCUT2D eigenvalue weighted by atomic mass is 16.3. The molecule has 0 fully saturated rings. The summed E-state index contributed by atoms with van der Waals surface area (Å²) in [6.45, 7) is 0. The first kappa shape index (κ1) is 13.8. The SMILES string of the molecule is Cn1c(O)c(/C=C/c2ccnc3ccccc23)c(=O)[nH]c1=O. The van der Waals surface area contributed by atoms with Gasteiger partial charge in [0.2, 0.25) is 5.88 Å². The molecule has 0 aliphatic heterocycles. The summed E-state index contributed by atoms with van der Waals surface area (Å²) in [5.74, 6) is -0.372. The van der Waals surface area contributed by atoms with E-state index in [1.54, 1.807) is 12.3 Å². The van der Waals surface area contributed by atoms with Gasteiger partial charge in [-0.25, -0.2) is 4.79 Å². The van der Waals surface area contributed by atoms with Gasteiger partial charge in [-0.3, -0.25) is 19.3 Å². The van der Waals surface area contributed by atoms with Crippen molar-refractivity contribution in [1.29, 1.82) is 0 Å². The third-order valence-corrected chi connectivity index (χ3v) is 3.44. The van der Waals surface area contributed by atoms with Crippen LogP contribution in [0, 0.1) is 0 Å². The number of benzene rings is 1. The van der Waals surface area contributed by atoms with Gasteiger partial charge in [0.05, 0.1) is 5.52 Å². The number of rotatable bonds is 2. The number of pyridine rings is 1. The number of nitrogens with zero attached hydrogens (tertiary/aromatic N) is 2. The zero-order chi connectivity index (χ0) is 15.7. The van der Waals surface area contributed by atoms with Crippen LogP contribution in [0.5, 0.6) is 5.88 Å². The van der Waals surface area contributed by atoms with Crippen molar-refractivity contribution >= 4 is 23.1 Å². The first-order valence-corrected chi connectivity index (χ1v) is 6.62. The molecule has 2 aromatic heterocycles. The van der Waals surface area contributed by atoms with E-state index in [1.807, 2.05) is 30.3 Å². The zero-order valence-electron chi connectivity index (χ0n) is 11.8. The van der Waals surface area contributed by atoms with Gasteiger partial charge < -0.3 is 5.11 Å². The Kier molecular flexibility index (Phi) is 3.34. The molecule has 0 saturated heterocycles. The lowest BCUT2D eigenvalue weighted by molar-refractivity contribution is 0.416. The molecule has 0 radical (unpaired) electrons. The summed E-state index contributed by atoms with van der Waals surface area (Å²) in [6, 6.07) is 9.42. The van der Waals surface area contributed by atoms with Crippen molar-refractivity contribution in [2.75, 3.05) is 0 Å². The lowest BCUT2D eigenvalue weighted by atomic mass is 10.1. The Morgan fingerprint density at radius 2 is 1.95 bits per heavy atom. The first-order valence-electron chi connectivity index (χ1n) is 6.62. The standard InChI is InChI=1S/C16H13N3O3/c1-19-15(21)12(14(20)18-16(19)22)7-6-10-8-9-17-13-5-3-2-4-11(10)13/h2-9,21H,1H3,(H,18,20,22)/b7-6+. The molecule has 0 aliphatic rings. The van der Waals surface area contributed by atoms with Crippen molar-refractivity contribution in [1.82, 2.24) is 14.5 Å². The molecule has 1 aromatic carbocycles.